The molecular formula is C14H11BrCl2N2O. The first-order valence-corrected chi connectivity index (χ1v) is 7.33. The van der Waals surface area contributed by atoms with Crippen molar-refractivity contribution in [1.29, 1.82) is 0 Å². The molecule has 1 aromatic carbocycles. The molecule has 3 nitrogen and oxygen atoms in total. The minimum Gasteiger partial charge on any atom is -0.321 e. The van der Waals surface area contributed by atoms with Gasteiger partial charge in [-0.25, -0.2) is 4.98 Å². The minimum atomic E-state index is -0.288. The van der Waals surface area contributed by atoms with Crippen molar-refractivity contribution in [2.45, 2.75) is 13.8 Å². The predicted molar refractivity (Wildman–Crippen MR) is 85.8 cm³/mol. The second-order valence-electron chi connectivity index (χ2n) is 4.39. The van der Waals surface area contributed by atoms with E-state index in [4.69, 9.17) is 23.2 Å². The van der Waals surface area contributed by atoms with E-state index in [1.54, 1.807) is 0 Å². The number of anilines is 1. The number of halogens is 3. The highest BCUT2D eigenvalue weighted by Crippen LogP contribution is 2.28. The van der Waals surface area contributed by atoms with Crippen molar-refractivity contribution in [2.24, 2.45) is 0 Å². The second kappa shape index (κ2) is 6.12. The van der Waals surface area contributed by atoms with Crippen molar-refractivity contribution in [1.82, 2.24) is 4.98 Å². The molecule has 104 valence electrons. The third-order valence-electron chi connectivity index (χ3n) is 2.70. The molecule has 6 heteroatoms. The van der Waals surface area contributed by atoms with Gasteiger partial charge in [0.1, 0.15) is 10.3 Å². The highest BCUT2D eigenvalue weighted by atomic mass is 79.9. The number of rotatable bonds is 2. The SMILES string of the molecule is Cc1cc(C)c(NC(=O)c2cc(Cl)nc(Cl)c2)c(Br)c1. The van der Waals surface area contributed by atoms with Gasteiger partial charge in [0.25, 0.3) is 5.91 Å². The van der Waals surface area contributed by atoms with Crippen LogP contribution in [0.1, 0.15) is 21.5 Å². The van der Waals surface area contributed by atoms with Gasteiger partial charge in [-0.05, 0) is 59.1 Å². The van der Waals surface area contributed by atoms with Gasteiger partial charge in [-0.15, -0.1) is 0 Å². The van der Waals surface area contributed by atoms with Crippen LogP contribution < -0.4 is 5.32 Å². The summed E-state index contributed by atoms with van der Waals surface area (Å²) < 4.78 is 0.828. The highest BCUT2D eigenvalue weighted by molar-refractivity contribution is 9.10. The Labute approximate surface area is 135 Å². The Bertz CT molecular complexity index is 646. The Morgan fingerprint density at radius 2 is 1.75 bits per heavy atom. The maximum absolute atomic E-state index is 12.2. The summed E-state index contributed by atoms with van der Waals surface area (Å²) in [6.45, 7) is 3.92. The zero-order valence-corrected chi connectivity index (χ0v) is 13.9. The van der Waals surface area contributed by atoms with E-state index in [2.05, 4.69) is 26.2 Å². The number of carbonyl (C=O) groups excluding carboxylic acids is 1. The molecule has 0 saturated heterocycles. The van der Waals surface area contributed by atoms with Crippen LogP contribution in [-0.4, -0.2) is 10.9 Å². The van der Waals surface area contributed by atoms with E-state index in [9.17, 15) is 4.79 Å². The van der Waals surface area contributed by atoms with Gasteiger partial charge in [-0.2, -0.15) is 0 Å². The summed E-state index contributed by atoms with van der Waals surface area (Å²) in [6, 6.07) is 6.88. The fourth-order valence-electron chi connectivity index (χ4n) is 1.86. The third-order valence-corrected chi connectivity index (χ3v) is 3.71. The lowest BCUT2D eigenvalue weighted by molar-refractivity contribution is 0.102. The summed E-state index contributed by atoms with van der Waals surface area (Å²) in [6.07, 6.45) is 0. The van der Waals surface area contributed by atoms with Gasteiger partial charge in [0.05, 0.1) is 5.69 Å². The molecule has 0 aliphatic carbocycles. The molecule has 0 aliphatic rings. The molecule has 0 radical (unpaired) electrons. The van der Waals surface area contributed by atoms with E-state index in [1.165, 1.54) is 12.1 Å². The molecule has 0 atom stereocenters. The Morgan fingerprint density at radius 3 is 2.30 bits per heavy atom. The van der Waals surface area contributed by atoms with Crippen molar-refractivity contribution < 1.29 is 4.79 Å². The zero-order valence-electron chi connectivity index (χ0n) is 10.8. The Morgan fingerprint density at radius 1 is 1.15 bits per heavy atom. The smallest absolute Gasteiger partial charge is 0.255 e. The van der Waals surface area contributed by atoms with Crippen LogP contribution in [0.2, 0.25) is 10.3 Å². The zero-order chi connectivity index (χ0) is 14.9. The van der Waals surface area contributed by atoms with Crippen LogP contribution in [0.4, 0.5) is 5.69 Å². The van der Waals surface area contributed by atoms with Crippen LogP contribution in [0, 0.1) is 13.8 Å². The third kappa shape index (κ3) is 3.51. The Kier molecular flexibility index (Phi) is 4.68. The minimum absolute atomic E-state index is 0.183. The van der Waals surface area contributed by atoms with Crippen LogP contribution in [-0.2, 0) is 0 Å². The number of hydrogen-bond acceptors (Lipinski definition) is 2. The second-order valence-corrected chi connectivity index (χ2v) is 6.02. The number of aryl methyl sites for hydroxylation is 2. The maximum atomic E-state index is 12.2. The van der Waals surface area contributed by atoms with Gasteiger partial charge in [-0.1, -0.05) is 29.3 Å². The molecule has 1 amide bonds. The quantitative estimate of drug-likeness (QED) is 0.751. The van der Waals surface area contributed by atoms with Crippen LogP contribution >= 0.6 is 39.1 Å². The van der Waals surface area contributed by atoms with E-state index in [-0.39, 0.29) is 16.2 Å². The number of aromatic nitrogens is 1. The lowest BCUT2D eigenvalue weighted by Gasteiger charge is -2.12. The molecule has 0 fully saturated rings. The summed E-state index contributed by atoms with van der Waals surface area (Å²) in [5, 5.41) is 3.21. The number of amides is 1. The number of pyridine rings is 1. The van der Waals surface area contributed by atoms with Crippen molar-refractivity contribution in [3.05, 3.63) is 55.7 Å². The number of benzene rings is 1. The Hall–Kier alpha value is -1.10. The molecule has 2 rings (SSSR count). The van der Waals surface area contributed by atoms with E-state index in [0.717, 1.165) is 21.3 Å². The standard InChI is InChI=1S/C14H11BrCl2N2O/c1-7-3-8(2)13(10(15)4-7)19-14(20)9-5-11(16)18-12(17)6-9/h3-6H,1-2H3,(H,19,20). The monoisotopic (exact) mass is 372 g/mol. The van der Waals surface area contributed by atoms with E-state index < -0.39 is 0 Å². The molecule has 1 N–H and O–H groups in total. The predicted octanol–water partition coefficient (Wildman–Crippen LogP) is 5.02. The normalized spacial score (nSPS) is 10.4. The summed E-state index contributed by atoms with van der Waals surface area (Å²) in [7, 11) is 0. The van der Waals surface area contributed by atoms with Crippen molar-refractivity contribution in [3.8, 4) is 0 Å². The largest absolute Gasteiger partial charge is 0.321 e. The first-order valence-electron chi connectivity index (χ1n) is 5.78. The highest BCUT2D eigenvalue weighted by Gasteiger charge is 2.12. The Balaban J connectivity index is 2.32. The van der Waals surface area contributed by atoms with Crippen molar-refractivity contribution in [3.63, 3.8) is 0 Å². The molecule has 0 bridgehead atoms. The van der Waals surface area contributed by atoms with Crippen LogP contribution in [0.15, 0.2) is 28.7 Å². The average molecular weight is 374 g/mol. The molecule has 0 spiro atoms. The summed E-state index contributed by atoms with van der Waals surface area (Å²) in [4.78, 5) is 16.0. The van der Waals surface area contributed by atoms with Gasteiger partial charge in [0, 0.05) is 10.0 Å². The maximum Gasteiger partial charge on any atom is 0.255 e. The van der Waals surface area contributed by atoms with Crippen LogP contribution in [0.3, 0.4) is 0 Å². The molecule has 20 heavy (non-hydrogen) atoms. The fourth-order valence-corrected chi connectivity index (χ4v) is 3.09. The summed E-state index contributed by atoms with van der Waals surface area (Å²) in [5.74, 6) is -0.288. The van der Waals surface area contributed by atoms with Gasteiger partial charge < -0.3 is 5.32 Å². The van der Waals surface area contributed by atoms with E-state index in [1.807, 2.05) is 26.0 Å². The molecule has 0 unspecified atom stereocenters. The molecule has 0 aliphatic heterocycles. The average Bonchev–Trinajstić information content (AvgIpc) is 2.32. The lowest BCUT2D eigenvalue weighted by Crippen LogP contribution is -2.13. The van der Waals surface area contributed by atoms with Crippen molar-refractivity contribution >= 4 is 50.7 Å². The number of hydrogen-bond donors (Lipinski definition) is 1. The molecule has 1 aromatic heterocycles. The topological polar surface area (TPSA) is 42.0 Å². The number of carbonyl (C=O) groups is 1. The molecule has 0 saturated carbocycles. The first-order chi connectivity index (χ1) is 9.36. The summed E-state index contributed by atoms with van der Waals surface area (Å²) in [5.41, 5.74) is 3.17. The summed E-state index contributed by atoms with van der Waals surface area (Å²) >= 11 is 15.0. The first kappa shape index (κ1) is 15.3. The number of nitrogens with one attached hydrogen (secondary N) is 1. The van der Waals surface area contributed by atoms with E-state index >= 15 is 0 Å². The van der Waals surface area contributed by atoms with Crippen molar-refractivity contribution in [2.75, 3.05) is 5.32 Å². The van der Waals surface area contributed by atoms with E-state index in [0.29, 0.717) is 5.56 Å². The molecule has 1 heterocycles. The van der Waals surface area contributed by atoms with Crippen LogP contribution in [0.25, 0.3) is 0 Å². The van der Waals surface area contributed by atoms with Crippen LogP contribution in [0.5, 0.6) is 0 Å². The fraction of sp³-hybridized carbons (Fsp3) is 0.143. The molecular weight excluding hydrogens is 363 g/mol. The van der Waals surface area contributed by atoms with Gasteiger partial charge >= 0.3 is 0 Å². The molecule has 2 aromatic rings. The van der Waals surface area contributed by atoms with Gasteiger partial charge in [-0.3, -0.25) is 4.79 Å². The lowest BCUT2D eigenvalue weighted by atomic mass is 10.1. The van der Waals surface area contributed by atoms with Gasteiger partial charge in [0.2, 0.25) is 0 Å². The van der Waals surface area contributed by atoms with Gasteiger partial charge in [0.15, 0.2) is 0 Å². The number of nitrogens with zero attached hydrogens (tertiary/aromatic N) is 1.